The Morgan fingerprint density at radius 3 is 2.09 bits per heavy atom. The summed E-state index contributed by atoms with van der Waals surface area (Å²) in [4.78, 5) is -2.72. The van der Waals surface area contributed by atoms with E-state index in [0.717, 1.165) is 19.3 Å². The third kappa shape index (κ3) is 2.65. The molecule has 0 aromatic heterocycles. The Labute approximate surface area is 82.0 Å². The van der Waals surface area contributed by atoms with Crippen molar-refractivity contribution in [1.29, 1.82) is 0 Å². The molecule has 0 spiro atoms. The number of rotatable bonds is 1. The third-order valence-electron chi connectivity index (χ3n) is 2.10. The van der Waals surface area contributed by atoms with E-state index in [9.17, 15) is 8.78 Å². The van der Waals surface area contributed by atoms with E-state index >= 15 is 0 Å². The van der Waals surface area contributed by atoms with Gasteiger partial charge in [0.1, 0.15) is 0 Å². The summed E-state index contributed by atoms with van der Waals surface area (Å²) in [5.74, 6) is -0.531. The van der Waals surface area contributed by atoms with Crippen molar-refractivity contribution in [2.45, 2.75) is 35.3 Å². The SMILES string of the molecule is FC(F)(Br)[C@H]1CCCC[C@@H]1Br. The molecule has 0 aromatic carbocycles. The number of alkyl halides is 4. The lowest BCUT2D eigenvalue weighted by atomic mass is 9.89. The van der Waals surface area contributed by atoms with Gasteiger partial charge in [-0.3, -0.25) is 0 Å². The van der Waals surface area contributed by atoms with Crippen molar-refractivity contribution in [3.63, 3.8) is 0 Å². The van der Waals surface area contributed by atoms with Crippen molar-refractivity contribution < 1.29 is 8.78 Å². The van der Waals surface area contributed by atoms with Gasteiger partial charge in [-0.15, -0.1) is 0 Å². The Balaban J connectivity index is 2.55. The zero-order chi connectivity index (χ0) is 8.48. The molecular formula is C7H10Br2F2. The molecule has 0 radical (unpaired) electrons. The molecule has 11 heavy (non-hydrogen) atoms. The monoisotopic (exact) mass is 290 g/mol. The first kappa shape index (κ1) is 9.90. The maximum Gasteiger partial charge on any atom is 0.305 e. The highest BCUT2D eigenvalue weighted by Gasteiger charge is 2.41. The molecule has 2 atom stereocenters. The van der Waals surface area contributed by atoms with Crippen LogP contribution in [0.1, 0.15) is 25.7 Å². The standard InChI is InChI=1S/C7H10Br2F2/c8-6-4-2-1-3-5(6)7(9,10)11/h5-6H,1-4H2/t5-,6-/m0/s1. The van der Waals surface area contributed by atoms with Crippen molar-refractivity contribution in [3.05, 3.63) is 0 Å². The van der Waals surface area contributed by atoms with Crippen LogP contribution in [0.5, 0.6) is 0 Å². The fourth-order valence-electron chi connectivity index (χ4n) is 1.45. The van der Waals surface area contributed by atoms with Gasteiger partial charge < -0.3 is 0 Å². The fourth-order valence-corrected chi connectivity index (χ4v) is 3.28. The van der Waals surface area contributed by atoms with Crippen LogP contribution in [0.4, 0.5) is 8.78 Å². The fraction of sp³-hybridized carbons (Fsp3) is 1.00. The van der Waals surface area contributed by atoms with Gasteiger partial charge in [0.25, 0.3) is 0 Å². The largest absolute Gasteiger partial charge is 0.305 e. The molecule has 0 N–H and O–H groups in total. The molecule has 1 fully saturated rings. The predicted molar refractivity (Wildman–Crippen MR) is 48.5 cm³/mol. The van der Waals surface area contributed by atoms with Gasteiger partial charge in [0, 0.05) is 10.7 Å². The maximum atomic E-state index is 12.7. The molecule has 0 bridgehead atoms. The van der Waals surface area contributed by atoms with E-state index in [1.54, 1.807) is 0 Å². The molecule has 4 heteroatoms. The Morgan fingerprint density at radius 1 is 1.18 bits per heavy atom. The molecule has 0 aliphatic heterocycles. The van der Waals surface area contributed by atoms with E-state index in [1.807, 2.05) is 0 Å². The van der Waals surface area contributed by atoms with Crippen LogP contribution in [0.25, 0.3) is 0 Å². The first-order chi connectivity index (χ1) is 5.02. The van der Waals surface area contributed by atoms with E-state index < -0.39 is 10.7 Å². The number of hydrogen-bond acceptors (Lipinski definition) is 0. The molecular weight excluding hydrogens is 282 g/mol. The average Bonchev–Trinajstić information content (AvgIpc) is 1.86. The summed E-state index contributed by atoms with van der Waals surface area (Å²) in [6.07, 6.45) is 3.48. The van der Waals surface area contributed by atoms with Gasteiger partial charge in [0.05, 0.1) is 0 Å². The van der Waals surface area contributed by atoms with Crippen LogP contribution in [0, 0.1) is 5.92 Å². The summed E-state index contributed by atoms with van der Waals surface area (Å²) in [5, 5.41) is 0. The highest BCUT2D eigenvalue weighted by atomic mass is 79.9. The van der Waals surface area contributed by atoms with Crippen molar-refractivity contribution in [3.8, 4) is 0 Å². The molecule has 1 aliphatic carbocycles. The van der Waals surface area contributed by atoms with Crippen molar-refractivity contribution >= 4 is 31.9 Å². The van der Waals surface area contributed by atoms with E-state index in [0.29, 0.717) is 6.42 Å². The van der Waals surface area contributed by atoms with Gasteiger partial charge >= 0.3 is 4.83 Å². The highest BCUT2D eigenvalue weighted by molar-refractivity contribution is 9.10. The second-order valence-corrected chi connectivity index (χ2v) is 5.18. The first-order valence-corrected chi connectivity index (χ1v) is 5.43. The van der Waals surface area contributed by atoms with Gasteiger partial charge in [-0.05, 0) is 28.8 Å². The van der Waals surface area contributed by atoms with Crippen LogP contribution in [0.15, 0.2) is 0 Å². The lowest BCUT2D eigenvalue weighted by molar-refractivity contribution is 0.0316. The molecule has 0 saturated heterocycles. The van der Waals surface area contributed by atoms with E-state index in [4.69, 9.17) is 0 Å². The van der Waals surface area contributed by atoms with Crippen LogP contribution in [0.3, 0.4) is 0 Å². The number of halogens is 4. The second-order valence-electron chi connectivity index (χ2n) is 2.95. The van der Waals surface area contributed by atoms with Crippen LogP contribution in [-0.4, -0.2) is 9.66 Å². The molecule has 0 amide bonds. The molecule has 0 aromatic rings. The topological polar surface area (TPSA) is 0 Å². The normalized spacial score (nSPS) is 33.8. The quantitative estimate of drug-likeness (QED) is 0.642. The Bertz CT molecular complexity index is 133. The van der Waals surface area contributed by atoms with Crippen molar-refractivity contribution in [1.82, 2.24) is 0 Å². The van der Waals surface area contributed by atoms with Gasteiger partial charge in [-0.25, -0.2) is 0 Å². The molecule has 0 unspecified atom stereocenters. The van der Waals surface area contributed by atoms with E-state index in [1.165, 1.54) is 0 Å². The van der Waals surface area contributed by atoms with Crippen LogP contribution >= 0.6 is 31.9 Å². The minimum Gasteiger partial charge on any atom is -0.193 e. The van der Waals surface area contributed by atoms with Crippen molar-refractivity contribution in [2.24, 2.45) is 5.92 Å². The van der Waals surface area contributed by atoms with Crippen molar-refractivity contribution in [2.75, 3.05) is 0 Å². The van der Waals surface area contributed by atoms with Gasteiger partial charge in [-0.1, -0.05) is 28.8 Å². The summed E-state index contributed by atoms with van der Waals surface area (Å²) in [5.41, 5.74) is 0. The minimum absolute atomic E-state index is 0.0226. The predicted octanol–water partition coefficient (Wildman–Crippen LogP) is 3.93. The Morgan fingerprint density at radius 2 is 1.73 bits per heavy atom. The lowest BCUT2D eigenvalue weighted by Crippen LogP contribution is -2.31. The van der Waals surface area contributed by atoms with Crippen LogP contribution in [-0.2, 0) is 0 Å². The zero-order valence-corrected chi connectivity index (χ0v) is 9.17. The third-order valence-corrected chi connectivity index (χ3v) is 3.79. The molecule has 0 nitrogen and oxygen atoms in total. The first-order valence-electron chi connectivity index (χ1n) is 3.72. The van der Waals surface area contributed by atoms with Crippen LogP contribution < -0.4 is 0 Å². The second kappa shape index (κ2) is 3.69. The summed E-state index contributed by atoms with van der Waals surface area (Å²) < 4.78 is 25.5. The van der Waals surface area contributed by atoms with Gasteiger partial charge in [0.15, 0.2) is 0 Å². The molecule has 66 valence electrons. The summed E-state index contributed by atoms with van der Waals surface area (Å²) in [6, 6.07) is 0. The molecule has 1 rings (SSSR count). The van der Waals surface area contributed by atoms with Gasteiger partial charge in [0.2, 0.25) is 0 Å². The van der Waals surface area contributed by atoms with E-state index in [2.05, 4.69) is 31.9 Å². The van der Waals surface area contributed by atoms with E-state index in [-0.39, 0.29) is 4.83 Å². The summed E-state index contributed by atoms with van der Waals surface area (Å²) in [7, 11) is 0. The Hall–Kier alpha value is 0.820. The van der Waals surface area contributed by atoms with Gasteiger partial charge in [-0.2, -0.15) is 8.78 Å². The average molecular weight is 292 g/mol. The summed E-state index contributed by atoms with van der Waals surface area (Å²) >= 11 is 5.70. The zero-order valence-electron chi connectivity index (χ0n) is 5.99. The molecule has 1 saturated carbocycles. The molecule has 0 heterocycles. The maximum absolute atomic E-state index is 12.7. The number of hydrogen-bond donors (Lipinski definition) is 0. The lowest BCUT2D eigenvalue weighted by Gasteiger charge is -2.30. The smallest absolute Gasteiger partial charge is 0.193 e. The summed E-state index contributed by atoms with van der Waals surface area (Å²) in [6.45, 7) is 0. The highest BCUT2D eigenvalue weighted by Crippen LogP contribution is 2.43. The minimum atomic E-state index is -2.69. The molecule has 1 aliphatic rings. The van der Waals surface area contributed by atoms with Crippen LogP contribution in [0.2, 0.25) is 0 Å². The Kier molecular flexibility index (Phi) is 3.32.